The van der Waals surface area contributed by atoms with Crippen LogP contribution in [0.15, 0.2) is 5.16 Å². The number of amidine groups is 1. The summed E-state index contributed by atoms with van der Waals surface area (Å²) in [6, 6.07) is 0. The van der Waals surface area contributed by atoms with Crippen molar-refractivity contribution in [2.75, 3.05) is 40.4 Å². The van der Waals surface area contributed by atoms with E-state index in [1.165, 1.54) is 0 Å². The van der Waals surface area contributed by atoms with E-state index in [-0.39, 0.29) is 11.7 Å². The molecule has 0 fully saturated rings. The SMILES string of the molecule is CCCC(C(=O)NCCOCCN(C)C)C(N)=NO. The van der Waals surface area contributed by atoms with Crippen molar-refractivity contribution in [2.45, 2.75) is 19.8 Å². The van der Waals surface area contributed by atoms with Gasteiger partial charge in [0.1, 0.15) is 0 Å². The Labute approximate surface area is 114 Å². The number of hydrogen-bond acceptors (Lipinski definition) is 5. The summed E-state index contributed by atoms with van der Waals surface area (Å²) in [6.45, 7) is 4.28. The lowest BCUT2D eigenvalue weighted by molar-refractivity contribution is -0.123. The standard InChI is InChI=1S/C12H26N4O3/c1-4-5-10(11(13)15-18)12(17)14-6-8-19-9-7-16(2)3/h10,18H,4-9H2,1-3H3,(H2,13,15)(H,14,17). The first-order valence-corrected chi connectivity index (χ1v) is 6.50. The van der Waals surface area contributed by atoms with Crippen LogP contribution in [-0.4, -0.2) is 62.2 Å². The van der Waals surface area contributed by atoms with Gasteiger partial charge in [0.25, 0.3) is 0 Å². The van der Waals surface area contributed by atoms with E-state index in [1.54, 1.807) is 0 Å². The molecule has 112 valence electrons. The molecule has 0 aromatic carbocycles. The highest BCUT2D eigenvalue weighted by atomic mass is 16.5. The summed E-state index contributed by atoms with van der Waals surface area (Å²) >= 11 is 0. The molecule has 19 heavy (non-hydrogen) atoms. The van der Waals surface area contributed by atoms with Crippen molar-refractivity contribution >= 4 is 11.7 Å². The van der Waals surface area contributed by atoms with Crippen LogP contribution in [0.25, 0.3) is 0 Å². The van der Waals surface area contributed by atoms with Crippen molar-refractivity contribution in [3.63, 3.8) is 0 Å². The fourth-order valence-electron chi connectivity index (χ4n) is 1.49. The number of nitrogens with two attached hydrogens (primary N) is 1. The van der Waals surface area contributed by atoms with Crippen LogP contribution in [0.1, 0.15) is 19.8 Å². The smallest absolute Gasteiger partial charge is 0.230 e. The molecule has 0 aliphatic carbocycles. The quantitative estimate of drug-likeness (QED) is 0.169. The molecule has 0 radical (unpaired) electrons. The molecule has 0 spiro atoms. The first-order chi connectivity index (χ1) is 9.02. The van der Waals surface area contributed by atoms with Crippen molar-refractivity contribution in [3.05, 3.63) is 0 Å². The minimum Gasteiger partial charge on any atom is -0.409 e. The molecule has 1 unspecified atom stereocenters. The van der Waals surface area contributed by atoms with Gasteiger partial charge in [-0.05, 0) is 20.5 Å². The van der Waals surface area contributed by atoms with Crippen LogP contribution >= 0.6 is 0 Å². The molecular formula is C12H26N4O3. The minimum atomic E-state index is -0.572. The largest absolute Gasteiger partial charge is 0.409 e. The number of nitrogens with one attached hydrogen (secondary N) is 1. The van der Waals surface area contributed by atoms with Crippen molar-refractivity contribution < 1.29 is 14.7 Å². The number of amides is 1. The van der Waals surface area contributed by atoms with E-state index < -0.39 is 5.92 Å². The number of hydrogen-bond donors (Lipinski definition) is 3. The maximum absolute atomic E-state index is 11.8. The molecule has 1 atom stereocenters. The number of likely N-dealkylation sites (N-methyl/N-ethyl adjacent to an activating group) is 1. The van der Waals surface area contributed by atoms with Crippen molar-refractivity contribution in [1.82, 2.24) is 10.2 Å². The van der Waals surface area contributed by atoms with Gasteiger partial charge in [0.15, 0.2) is 5.84 Å². The minimum absolute atomic E-state index is 0.0483. The molecular weight excluding hydrogens is 248 g/mol. The zero-order valence-corrected chi connectivity index (χ0v) is 12.1. The Balaban J connectivity index is 3.87. The number of carbonyl (C=O) groups is 1. The predicted molar refractivity (Wildman–Crippen MR) is 74.2 cm³/mol. The average molecular weight is 274 g/mol. The topological polar surface area (TPSA) is 100 Å². The summed E-state index contributed by atoms with van der Waals surface area (Å²) in [5.41, 5.74) is 5.49. The number of oxime groups is 1. The summed E-state index contributed by atoms with van der Waals surface area (Å²) in [6.07, 6.45) is 1.34. The van der Waals surface area contributed by atoms with Crippen molar-refractivity contribution in [3.8, 4) is 0 Å². The van der Waals surface area contributed by atoms with E-state index in [4.69, 9.17) is 15.7 Å². The maximum Gasteiger partial charge on any atom is 0.230 e. The Kier molecular flexibility index (Phi) is 9.82. The molecule has 7 heteroatoms. The normalized spacial score (nSPS) is 13.6. The third-order valence-corrected chi connectivity index (χ3v) is 2.59. The van der Waals surface area contributed by atoms with E-state index in [1.807, 2.05) is 25.9 Å². The Morgan fingerprint density at radius 3 is 2.68 bits per heavy atom. The maximum atomic E-state index is 11.8. The van der Waals surface area contributed by atoms with Gasteiger partial charge in [-0.1, -0.05) is 18.5 Å². The lowest BCUT2D eigenvalue weighted by Gasteiger charge is -2.15. The third-order valence-electron chi connectivity index (χ3n) is 2.59. The number of nitrogens with zero attached hydrogens (tertiary/aromatic N) is 2. The van der Waals surface area contributed by atoms with E-state index in [9.17, 15) is 4.79 Å². The van der Waals surface area contributed by atoms with Gasteiger partial charge in [0.2, 0.25) is 5.91 Å². The van der Waals surface area contributed by atoms with E-state index in [0.29, 0.717) is 26.2 Å². The van der Waals surface area contributed by atoms with Crippen LogP contribution < -0.4 is 11.1 Å². The first kappa shape index (κ1) is 17.7. The highest BCUT2D eigenvalue weighted by molar-refractivity contribution is 6.01. The molecule has 7 nitrogen and oxygen atoms in total. The second-order valence-corrected chi connectivity index (χ2v) is 4.57. The monoisotopic (exact) mass is 274 g/mol. The molecule has 1 amide bonds. The zero-order valence-electron chi connectivity index (χ0n) is 12.1. The summed E-state index contributed by atoms with van der Waals surface area (Å²) in [5.74, 6) is -0.849. The Morgan fingerprint density at radius 2 is 2.16 bits per heavy atom. The highest BCUT2D eigenvalue weighted by Crippen LogP contribution is 2.06. The van der Waals surface area contributed by atoms with Gasteiger partial charge in [-0.3, -0.25) is 4.79 Å². The molecule has 0 aromatic heterocycles. The van der Waals surface area contributed by atoms with Gasteiger partial charge < -0.3 is 25.9 Å². The van der Waals surface area contributed by atoms with Crippen LogP contribution in [-0.2, 0) is 9.53 Å². The molecule has 0 heterocycles. The number of rotatable bonds is 10. The predicted octanol–water partition coefficient (Wildman–Crippen LogP) is -0.156. The van der Waals surface area contributed by atoms with Gasteiger partial charge in [0, 0.05) is 13.1 Å². The second kappa shape index (κ2) is 10.6. The number of carbonyl (C=O) groups excluding carboxylic acids is 1. The summed E-state index contributed by atoms with van der Waals surface area (Å²) < 4.78 is 5.35. The van der Waals surface area contributed by atoms with Crippen LogP contribution in [0.5, 0.6) is 0 Å². The Morgan fingerprint density at radius 1 is 1.47 bits per heavy atom. The van der Waals surface area contributed by atoms with E-state index in [0.717, 1.165) is 13.0 Å². The number of ether oxygens (including phenoxy) is 1. The summed E-state index contributed by atoms with van der Waals surface area (Å²) in [4.78, 5) is 13.8. The third kappa shape index (κ3) is 8.39. The lowest BCUT2D eigenvalue weighted by Crippen LogP contribution is -2.40. The molecule has 0 aliphatic heterocycles. The molecule has 0 saturated heterocycles. The second-order valence-electron chi connectivity index (χ2n) is 4.57. The molecule has 4 N–H and O–H groups in total. The van der Waals surface area contributed by atoms with Crippen LogP contribution in [0.4, 0.5) is 0 Å². The fraction of sp³-hybridized carbons (Fsp3) is 0.833. The van der Waals surface area contributed by atoms with Crippen LogP contribution in [0.2, 0.25) is 0 Å². The van der Waals surface area contributed by atoms with Crippen LogP contribution in [0, 0.1) is 5.92 Å². The van der Waals surface area contributed by atoms with Gasteiger partial charge in [-0.25, -0.2) is 0 Å². The summed E-state index contributed by atoms with van der Waals surface area (Å²) in [5, 5.41) is 14.3. The molecule has 0 bridgehead atoms. The molecule has 0 aromatic rings. The van der Waals surface area contributed by atoms with Crippen LogP contribution in [0.3, 0.4) is 0 Å². The molecule has 0 rings (SSSR count). The summed E-state index contributed by atoms with van der Waals surface area (Å²) in [7, 11) is 3.94. The van der Waals surface area contributed by atoms with Gasteiger partial charge in [-0.15, -0.1) is 0 Å². The van der Waals surface area contributed by atoms with Gasteiger partial charge >= 0.3 is 0 Å². The lowest BCUT2D eigenvalue weighted by atomic mass is 10.0. The van der Waals surface area contributed by atoms with Crippen molar-refractivity contribution in [2.24, 2.45) is 16.8 Å². The average Bonchev–Trinajstić information content (AvgIpc) is 2.38. The van der Waals surface area contributed by atoms with Gasteiger partial charge in [-0.2, -0.15) is 0 Å². The van der Waals surface area contributed by atoms with E-state index in [2.05, 4.69) is 10.5 Å². The van der Waals surface area contributed by atoms with Gasteiger partial charge in [0.05, 0.1) is 19.1 Å². The Bertz CT molecular complexity index is 282. The van der Waals surface area contributed by atoms with E-state index >= 15 is 0 Å². The first-order valence-electron chi connectivity index (χ1n) is 6.50. The van der Waals surface area contributed by atoms with Crippen molar-refractivity contribution in [1.29, 1.82) is 0 Å². The highest BCUT2D eigenvalue weighted by Gasteiger charge is 2.21. The zero-order chi connectivity index (χ0) is 14.7. The Hall–Kier alpha value is -1.34. The molecule has 0 aliphatic rings. The fourth-order valence-corrected chi connectivity index (χ4v) is 1.49. The molecule has 0 saturated carbocycles.